The lowest BCUT2D eigenvalue weighted by Gasteiger charge is -2.34. The van der Waals surface area contributed by atoms with Gasteiger partial charge >= 0.3 is 0 Å². The van der Waals surface area contributed by atoms with Crippen molar-refractivity contribution in [3.8, 4) is 27.5 Å². The van der Waals surface area contributed by atoms with Crippen molar-refractivity contribution in [2.75, 3.05) is 26.2 Å². The highest BCUT2D eigenvalue weighted by atomic mass is 35.5. The number of aliphatic hydroxyl groups excluding tert-OH is 1. The smallest absolute Gasteiger partial charge is 0.265 e. The number of aliphatic hydroxyl groups is 1. The number of pyridine rings is 1. The number of hydrogen-bond donors (Lipinski definition) is 2. The standard InChI is InChI=1S/C33H37ClN4O3S/c1-5-21-8-7-9-22(6-2)30(21)38-29(20(3)4)26(32(40)37-15-14-35-25(17-37)18-39)16-27(33(38)41)31-36-28(19-42-31)23-10-12-24(34)13-11-23/h7-13,16,19-20,25,35,39H,5-6,14-15,17-18H2,1-4H3. The number of benzene rings is 2. The molecule has 2 aromatic heterocycles. The molecular weight excluding hydrogens is 568 g/mol. The number of hydrogen-bond acceptors (Lipinski definition) is 6. The Kier molecular flexibility index (Phi) is 9.28. The Labute approximate surface area is 255 Å². The first-order valence-electron chi connectivity index (χ1n) is 14.5. The molecule has 220 valence electrons. The number of aryl methyl sites for hydroxylation is 2. The number of nitrogens with zero attached hydrogens (tertiary/aromatic N) is 3. The second-order valence-corrected chi connectivity index (χ2v) is 12.2. The highest BCUT2D eigenvalue weighted by molar-refractivity contribution is 7.13. The minimum Gasteiger partial charge on any atom is -0.395 e. The monoisotopic (exact) mass is 604 g/mol. The SMILES string of the molecule is CCc1cccc(CC)c1-n1c(C(C)C)c(C(=O)N2CCNC(CO)C2)cc(-c2nc(-c3ccc(Cl)cc3)cs2)c1=O. The van der Waals surface area contributed by atoms with Gasteiger partial charge in [-0.3, -0.25) is 14.2 Å². The zero-order valence-corrected chi connectivity index (χ0v) is 26.1. The predicted molar refractivity (Wildman–Crippen MR) is 171 cm³/mol. The van der Waals surface area contributed by atoms with E-state index >= 15 is 0 Å². The van der Waals surface area contributed by atoms with Gasteiger partial charge in [-0.25, -0.2) is 4.98 Å². The van der Waals surface area contributed by atoms with Gasteiger partial charge in [0.1, 0.15) is 5.01 Å². The van der Waals surface area contributed by atoms with Gasteiger partial charge in [0, 0.05) is 47.3 Å². The van der Waals surface area contributed by atoms with Gasteiger partial charge in [0.15, 0.2) is 0 Å². The number of carbonyl (C=O) groups is 1. The topological polar surface area (TPSA) is 87.5 Å². The number of amides is 1. The Balaban J connectivity index is 1.78. The number of rotatable bonds is 8. The molecule has 0 saturated carbocycles. The molecule has 1 saturated heterocycles. The molecule has 42 heavy (non-hydrogen) atoms. The van der Waals surface area contributed by atoms with Crippen molar-refractivity contribution in [3.05, 3.63) is 91.7 Å². The summed E-state index contributed by atoms with van der Waals surface area (Å²) < 4.78 is 1.79. The van der Waals surface area contributed by atoms with E-state index < -0.39 is 0 Å². The number of thiazole rings is 1. The lowest BCUT2D eigenvalue weighted by atomic mass is 9.96. The molecule has 1 aliphatic heterocycles. The van der Waals surface area contributed by atoms with E-state index in [0.717, 1.165) is 40.9 Å². The third kappa shape index (κ3) is 5.81. The molecule has 5 rings (SSSR count). The molecule has 1 unspecified atom stereocenters. The largest absolute Gasteiger partial charge is 0.395 e. The molecule has 3 heterocycles. The summed E-state index contributed by atoms with van der Waals surface area (Å²) in [7, 11) is 0. The van der Waals surface area contributed by atoms with Crippen LogP contribution in [0, 0.1) is 0 Å². The fourth-order valence-corrected chi connectivity index (χ4v) is 6.66. The van der Waals surface area contributed by atoms with E-state index in [1.807, 2.05) is 49.6 Å². The Bertz CT molecular complexity index is 1620. The predicted octanol–water partition coefficient (Wildman–Crippen LogP) is 5.94. The van der Waals surface area contributed by atoms with Crippen LogP contribution >= 0.6 is 22.9 Å². The Morgan fingerprint density at radius 1 is 1.14 bits per heavy atom. The fraction of sp³-hybridized carbons (Fsp3) is 0.364. The van der Waals surface area contributed by atoms with Gasteiger partial charge in [-0.05, 0) is 48.1 Å². The van der Waals surface area contributed by atoms with Crippen LogP contribution in [0.2, 0.25) is 5.02 Å². The molecule has 0 radical (unpaired) electrons. The number of para-hydroxylation sites is 1. The van der Waals surface area contributed by atoms with Crippen molar-refractivity contribution in [1.82, 2.24) is 19.8 Å². The summed E-state index contributed by atoms with van der Waals surface area (Å²) in [5.41, 5.74) is 6.01. The van der Waals surface area contributed by atoms with E-state index in [9.17, 15) is 14.7 Å². The van der Waals surface area contributed by atoms with Gasteiger partial charge in [0.05, 0.1) is 29.1 Å². The van der Waals surface area contributed by atoms with Crippen LogP contribution in [0.5, 0.6) is 0 Å². The van der Waals surface area contributed by atoms with Gasteiger partial charge < -0.3 is 15.3 Å². The molecule has 9 heteroatoms. The minimum absolute atomic E-state index is 0.0537. The summed E-state index contributed by atoms with van der Waals surface area (Å²) >= 11 is 7.49. The van der Waals surface area contributed by atoms with Crippen LogP contribution in [0.15, 0.2) is 58.7 Å². The van der Waals surface area contributed by atoms with E-state index in [0.29, 0.717) is 46.5 Å². The Morgan fingerprint density at radius 3 is 2.45 bits per heavy atom. The normalized spacial score (nSPS) is 15.4. The number of nitrogens with one attached hydrogen (secondary N) is 1. The van der Waals surface area contributed by atoms with Crippen LogP contribution < -0.4 is 10.9 Å². The molecule has 1 aliphatic rings. The average molecular weight is 605 g/mol. The van der Waals surface area contributed by atoms with Gasteiger partial charge in [0.25, 0.3) is 11.5 Å². The van der Waals surface area contributed by atoms with Crippen molar-refractivity contribution in [2.45, 2.75) is 52.5 Å². The summed E-state index contributed by atoms with van der Waals surface area (Å²) in [5, 5.41) is 16.2. The fourth-order valence-electron chi connectivity index (χ4n) is 5.70. The minimum atomic E-state index is -0.191. The first kappa shape index (κ1) is 30.2. The van der Waals surface area contributed by atoms with Crippen molar-refractivity contribution in [3.63, 3.8) is 0 Å². The average Bonchev–Trinajstić information content (AvgIpc) is 3.50. The van der Waals surface area contributed by atoms with E-state index in [4.69, 9.17) is 16.6 Å². The van der Waals surface area contributed by atoms with Crippen LogP contribution in [0.4, 0.5) is 0 Å². The molecule has 1 fully saturated rings. The zero-order chi connectivity index (χ0) is 30.0. The van der Waals surface area contributed by atoms with Gasteiger partial charge in [-0.2, -0.15) is 0 Å². The summed E-state index contributed by atoms with van der Waals surface area (Å²) in [5.74, 6) is -0.257. The second-order valence-electron chi connectivity index (χ2n) is 10.9. The molecule has 7 nitrogen and oxygen atoms in total. The molecule has 1 atom stereocenters. The molecule has 1 amide bonds. The van der Waals surface area contributed by atoms with Crippen LogP contribution in [0.25, 0.3) is 27.5 Å². The molecule has 4 aromatic rings. The van der Waals surface area contributed by atoms with E-state index in [1.165, 1.54) is 11.3 Å². The van der Waals surface area contributed by atoms with Crippen molar-refractivity contribution >= 4 is 28.8 Å². The van der Waals surface area contributed by atoms with Gasteiger partial charge in [-0.15, -0.1) is 11.3 Å². The quantitative estimate of drug-likeness (QED) is 0.260. The molecule has 0 spiro atoms. The van der Waals surface area contributed by atoms with Gasteiger partial charge in [-0.1, -0.05) is 69.6 Å². The number of aromatic nitrogens is 2. The molecule has 2 N–H and O–H groups in total. The van der Waals surface area contributed by atoms with Crippen LogP contribution in [-0.4, -0.2) is 57.7 Å². The first-order chi connectivity index (χ1) is 20.3. The Morgan fingerprint density at radius 2 is 1.83 bits per heavy atom. The summed E-state index contributed by atoms with van der Waals surface area (Å²) in [6, 6.07) is 15.2. The van der Waals surface area contributed by atoms with Crippen molar-refractivity contribution in [1.29, 1.82) is 0 Å². The van der Waals surface area contributed by atoms with Crippen LogP contribution in [-0.2, 0) is 12.8 Å². The number of piperazine rings is 1. The molecule has 2 aromatic carbocycles. The molecule has 0 aliphatic carbocycles. The lowest BCUT2D eigenvalue weighted by Crippen LogP contribution is -2.54. The summed E-state index contributed by atoms with van der Waals surface area (Å²) in [4.78, 5) is 35.6. The summed E-state index contributed by atoms with van der Waals surface area (Å²) in [6.07, 6.45) is 1.49. The highest BCUT2D eigenvalue weighted by Crippen LogP contribution is 2.33. The number of halogens is 1. The maximum atomic E-state index is 14.6. The maximum Gasteiger partial charge on any atom is 0.265 e. The van der Waals surface area contributed by atoms with E-state index in [1.54, 1.807) is 15.5 Å². The van der Waals surface area contributed by atoms with Crippen molar-refractivity contribution in [2.24, 2.45) is 0 Å². The van der Waals surface area contributed by atoms with Crippen LogP contribution in [0.1, 0.15) is 60.8 Å². The van der Waals surface area contributed by atoms with Gasteiger partial charge in [0.2, 0.25) is 0 Å². The zero-order valence-electron chi connectivity index (χ0n) is 24.5. The van der Waals surface area contributed by atoms with Crippen molar-refractivity contribution < 1.29 is 9.90 Å². The van der Waals surface area contributed by atoms with E-state index in [-0.39, 0.29) is 30.0 Å². The molecule has 0 bridgehead atoms. The van der Waals surface area contributed by atoms with E-state index in [2.05, 4.69) is 31.3 Å². The third-order valence-corrected chi connectivity index (χ3v) is 8.97. The lowest BCUT2D eigenvalue weighted by molar-refractivity contribution is 0.0669. The second kappa shape index (κ2) is 12.9. The highest BCUT2D eigenvalue weighted by Gasteiger charge is 2.30. The molecular formula is C33H37ClN4O3S. The number of carbonyl (C=O) groups excluding carboxylic acids is 1. The third-order valence-electron chi connectivity index (χ3n) is 7.84. The summed E-state index contributed by atoms with van der Waals surface area (Å²) in [6.45, 7) is 9.68. The first-order valence-corrected chi connectivity index (χ1v) is 15.8. The Hall–Kier alpha value is -3.30. The van der Waals surface area contributed by atoms with Crippen LogP contribution in [0.3, 0.4) is 0 Å². The maximum absolute atomic E-state index is 14.6.